The number of amides is 1. The number of nitrogens with zero attached hydrogens (tertiary/aromatic N) is 3. The van der Waals surface area contributed by atoms with E-state index in [1.165, 1.54) is 0 Å². The number of nitrogens with one attached hydrogen (secondary N) is 1. The van der Waals surface area contributed by atoms with E-state index in [1.54, 1.807) is 31.8 Å². The van der Waals surface area contributed by atoms with Crippen LogP contribution < -0.4 is 5.32 Å². The first-order chi connectivity index (χ1) is 10.6. The Balaban J connectivity index is 2.19. The fourth-order valence-electron chi connectivity index (χ4n) is 2.15. The highest BCUT2D eigenvalue weighted by molar-refractivity contribution is 6.33. The Kier molecular flexibility index (Phi) is 4.65. The summed E-state index contributed by atoms with van der Waals surface area (Å²) in [6.07, 6.45) is -2.23. The molecule has 1 unspecified atom stereocenters. The number of alkyl halides is 3. The van der Waals surface area contributed by atoms with E-state index >= 15 is 0 Å². The van der Waals surface area contributed by atoms with Gasteiger partial charge < -0.3 is 5.32 Å². The monoisotopic (exact) mass is 346 g/mol. The molecule has 2 rings (SSSR count). The number of carbonyl (C=O) groups is 1. The second-order valence-corrected chi connectivity index (χ2v) is 5.50. The zero-order valence-corrected chi connectivity index (χ0v) is 13.3. The minimum atomic E-state index is -4.56. The van der Waals surface area contributed by atoms with Gasteiger partial charge in [0.1, 0.15) is 5.69 Å². The third-order valence-electron chi connectivity index (χ3n) is 3.25. The number of hydrogen-bond acceptors (Lipinski definition) is 3. The lowest BCUT2D eigenvalue weighted by atomic mass is 10.1. The van der Waals surface area contributed by atoms with Crippen LogP contribution in [-0.2, 0) is 13.2 Å². The predicted octanol–water partition coefficient (Wildman–Crippen LogP) is 3.29. The summed E-state index contributed by atoms with van der Waals surface area (Å²) >= 11 is 5.76. The molecule has 1 N–H and O–H groups in total. The zero-order valence-electron chi connectivity index (χ0n) is 12.6. The van der Waals surface area contributed by atoms with Gasteiger partial charge in [0.2, 0.25) is 0 Å². The van der Waals surface area contributed by atoms with Gasteiger partial charge in [-0.05, 0) is 19.9 Å². The van der Waals surface area contributed by atoms with Crippen molar-refractivity contribution >= 4 is 17.5 Å². The second kappa shape index (κ2) is 6.19. The maximum absolute atomic E-state index is 12.6. The van der Waals surface area contributed by atoms with Crippen LogP contribution in [0.2, 0.25) is 5.02 Å². The molecule has 2 aromatic rings. The van der Waals surface area contributed by atoms with Gasteiger partial charge in [-0.2, -0.15) is 18.3 Å². The Hall–Kier alpha value is -2.09. The van der Waals surface area contributed by atoms with Crippen LogP contribution in [0.1, 0.15) is 40.3 Å². The minimum Gasteiger partial charge on any atom is -0.344 e. The van der Waals surface area contributed by atoms with Crippen molar-refractivity contribution in [3.8, 4) is 0 Å². The average molecular weight is 347 g/mol. The average Bonchev–Trinajstić information content (AvgIpc) is 2.76. The minimum absolute atomic E-state index is 0.256. The van der Waals surface area contributed by atoms with Crippen LogP contribution in [0.4, 0.5) is 13.2 Å². The topological polar surface area (TPSA) is 59.8 Å². The Morgan fingerprint density at radius 1 is 1.43 bits per heavy atom. The van der Waals surface area contributed by atoms with Gasteiger partial charge in [0.15, 0.2) is 0 Å². The lowest BCUT2D eigenvalue weighted by Crippen LogP contribution is -2.28. The molecule has 0 spiro atoms. The summed E-state index contributed by atoms with van der Waals surface area (Å²) in [4.78, 5) is 15.7. The highest BCUT2D eigenvalue weighted by Gasteiger charge is 2.32. The van der Waals surface area contributed by atoms with Crippen molar-refractivity contribution < 1.29 is 18.0 Å². The number of aromatic nitrogens is 3. The van der Waals surface area contributed by atoms with Gasteiger partial charge in [0.05, 0.1) is 22.3 Å². The largest absolute Gasteiger partial charge is 0.417 e. The molecule has 0 aromatic carbocycles. The Morgan fingerprint density at radius 2 is 2.09 bits per heavy atom. The molecule has 5 nitrogen and oxygen atoms in total. The lowest BCUT2D eigenvalue weighted by Gasteiger charge is -2.14. The fourth-order valence-corrected chi connectivity index (χ4v) is 2.40. The van der Waals surface area contributed by atoms with Gasteiger partial charge in [-0.25, -0.2) is 4.98 Å². The summed E-state index contributed by atoms with van der Waals surface area (Å²) in [6.45, 7) is 3.53. The van der Waals surface area contributed by atoms with Gasteiger partial charge in [-0.1, -0.05) is 11.6 Å². The number of rotatable bonds is 3. The summed E-state index contributed by atoms with van der Waals surface area (Å²) in [5.74, 6) is -0.653. The van der Waals surface area contributed by atoms with Crippen LogP contribution in [-0.4, -0.2) is 20.7 Å². The first-order valence-electron chi connectivity index (χ1n) is 6.63. The number of hydrogen-bond donors (Lipinski definition) is 1. The molecule has 0 aliphatic rings. The molecule has 0 radical (unpaired) electrons. The first kappa shape index (κ1) is 17.3. The Labute approximate surface area is 135 Å². The maximum Gasteiger partial charge on any atom is 0.417 e. The molecule has 2 aromatic heterocycles. The summed E-state index contributed by atoms with van der Waals surface area (Å²) in [5, 5.41) is 6.46. The van der Waals surface area contributed by atoms with Crippen LogP contribution in [0.15, 0.2) is 18.5 Å². The van der Waals surface area contributed by atoms with Gasteiger partial charge in [-0.3, -0.25) is 9.48 Å². The highest BCUT2D eigenvalue weighted by atomic mass is 35.5. The normalized spacial score (nSPS) is 13.0. The van der Waals surface area contributed by atoms with Gasteiger partial charge >= 0.3 is 6.18 Å². The number of pyridine rings is 1. The summed E-state index contributed by atoms with van der Waals surface area (Å²) < 4.78 is 39.3. The van der Waals surface area contributed by atoms with Gasteiger partial charge in [-0.15, -0.1) is 0 Å². The summed E-state index contributed by atoms with van der Waals surface area (Å²) in [6, 6.07) is 0.292. The van der Waals surface area contributed by atoms with E-state index in [4.69, 9.17) is 11.6 Å². The van der Waals surface area contributed by atoms with Crippen LogP contribution in [0.5, 0.6) is 0 Å². The SMILES string of the molecule is Cc1nn(C)cc1C(C)NC(=O)c1ncc(C(F)(F)F)cc1Cl. The van der Waals surface area contributed by atoms with E-state index < -0.39 is 23.7 Å². The number of halogens is 4. The quantitative estimate of drug-likeness (QED) is 0.927. The molecule has 0 saturated carbocycles. The molecule has 2 heterocycles. The predicted molar refractivity (Wildman–Crippen MR) is 78.1 cm³/mol. The summed E-state index contributed by atoms with van der Waals surface area (Å²) in [5.41, 5.74) is 0.277. The molecule has 1 amide bonds. The van der Waals surface area contributed by atoms with E-state index in [9.17, 15) is 18.0 Å². The lowest BCUT2D eigenvalue weighted by molar-refractivity contribution is -0.137. The third kappa shape index (κ3) is 3.82. The smallest absolute Gasteiger partial charge is 0.344 e. The molecule has 0 bridgehead atoms. The van der Waals surface area contributed by atoms with Crippen LogP contribution in [0.25, 0.3) is 0 Å². The maximum atomic E-state index is 12.6. The van der Waals surface area contributed by atoms with Crippen molar-refractivity contribution in [1.82, 2.24) is 20.1 Å². The molecule has 23 heavy (non-hydrogen) atoms. The van der Waals surface area contributed by atoms with Crippen LogP contribution in [0, 0.1) is 6.92 Å². The van der Waals surface area contributed by atoms with E-state index in [0.29, 0.717) is 12.3 Å². The van der Waals surface area contributed by atoms with Crippen molar-refractivity contribution in [1.29, 1.82) is 0 Å². The molecule has 1 atom stereocenters. The van der Waals surface area contributed by atoms with E-state index in [0.717, 1.165) is 11.3 Å². The molecular formula is C14H14ClF3N4O. The second-order valence-electron chi connectivity index (χ2n) is 5.09. The Morgan fingerprint density at radius 3 is 2.57 bits per heavy atom. The van der Waals surface area contributed by atoms with Crippen LogP contribution in [0.3, 0.4) is 0 Å². The Bertz CT molecular complexity index is 742. The molecule has 0 saturated heterocycles. The number of aryl methyl sites for hydroxylation is 2. The highest BCUT2D eigenvalue weighted by Crippen LogP contribution is 2.31. The van der Waals surface area contributed by atoms with E-state index in [1.807, 2.05) is 0 Å². The summed E-state index contributed by atoms with van der Waals surface area (Å²) in [7, 11) is 1.75. The van der Waals surface area contributed by atoms with Crippen LogP contribution >= 0.6 is 11.6 Å². The fraction of sp³-hybridized carbons (Fsp3) is 0.357. The standard InChI is InChI=1S/C14H14ClF3N4O/c1-7(10-6-22(3)21-8(10)2)20-13(23)12-11(15)4-9(5-19-12)14(16,17)18/h4-7H,1-3H3,(H,20,23). The van der Waals surface area contributed by atoms with Crippen molar-refractivity contribution in [2.24, 2.45) is 7.05 Å². The first-order valence-corrected chi connectivity index (χ1v) is 7.01. The molecule has 124 valence electrons. The van der Waals surface area contributed by atoms with Crippen molar-refractivity contribution in [3.05, 3.63) is 46.0 Å². The zero-order chi connectivity index (χ0) is 17.4. The third-order valence-corrected chi connectivity index (χ3v) is 3.54. The van der Waals surface area contributed by atoms with Gasteiger partial charge in [0.25, 0.3) is 5.91 Å². The van der Waals surface area contributed by atoms with Crippen molar-refractivity contribution in [3.63, 3.8) is 0 Å². The molecule has 9 heteroatoms. The van der Waals surface area contributed by atoms with Crippen molar-refractivity contribution in [2.75, 3.05) is 0 Å². The molecular weight excluding hydrogens is 333 g/mol. The van der Waals surface area contributed by atoms with Crippen molar-refractivity contribution in [2.45, 2.75) is 26.1 Å². The number of carbonyl (C=O) groups excluding carboxylic acids is 1. The van der Waals surface area contributed by atoms with E-state index in [-0.39, 0.29) is 10.7 Å². The molecule has 0 aliphatic carbocycles. The molecule has 0 fully saturated rings. The molecule has 0 aliphatic heterocycles. The van der Waals surface area contributed by atoms with E-state index in [2.05, 4.69) is 15.4 Å². The van der Waals surface area contributed by atoms with Gasteiger partial charge in [0, 0.05) is 25.0 Å².